The van der Waals surface area contributed by atoms with Crippen LogP contribution in [0.15, 0.2) is 24.3 Å². The van der Waals surface area contributed by atoms with Crippen molar-refractivity contribution < 1.29 is 0 Å². The molecule has 1 saturated heterocycles. The number of benzene rings is 1. The van der Waals surface area contributed by atoms with E-state index in [1.807, 2.05) is 18.2 Å². The fourth-order valence-corrected chi connectivity index (χ4v) is 3.45. The standard InChI is InChI=1S/C15H23ClN2/c1-11-7-12(2)10-18(9-11)15(8-17)13-5-3-4-6-14(13)16/h3-6,11-12,15H,7-10,17H2,1-2H3/t11-,12+,15?. The molecule has 0 bridgehead atoms. The molecule has 2 N–H and O–H groups in total. The maximum atomic E-state index is 6.31. The van der Waals surface area contributed by atoms with Crippen LogP contribution in [-0.4, -0.2) is 24.5 Å². The Bertz CT molecular complexity index is 384. The zero-order valence-corrected chi connectivity index (χ0v) is 12.0. The van der Waals surface area contributed by atoms with Crippen LogP contribution in [0.2, 0.25) is 5.02 Å². The number of hydrogen-bond acceptors (Lipinski definition) is 2. The van der Waals surface area contributed by atoms with Gasteiger partial charge in [0.1, 0.15) is 0 Å². The van der Waals surface area contributed by atoms with E-state index in [1.54, 1.807) is 0 Å². The SMILES string of the molecule is C[C@@H]1C[C@H](C)CN(C(CN)c2ccccc2Cl)C1. The summed E-state index contributed by atoms with van der Waals surface area (Å²) < 4.78 is 0. The van der Waals surface area contributed by atoms with Gasteiger partial charge in [-0.3, -0.25) is 4.90 Å². The lowest BCUT2D eigenvalue weighted by atomic mass is 9.89. The Morgan fingerprint density at radius 1 is 1.28 bits per heavy atom. The van der Waals surface area contributed by atoms with Crippen molar-refractivity contribution in [3.63, 3.8) is 0 Å². The van der Waals surface area contributed by atoms with Crippen LogP contribution in [0, 0.1) is 11.8 Å². The summed E-state index contributed by atoms with van der Waals surface area (Å²) in [4.78, 5) is 2.50. The van der Waals surface area contributed by atoms with Gasteiger partial charge in [0, 0.05) is 30.7 Å². The topological polar surface area (TPSA) is 29.3 Å². The van der Waals surface area contributed by atoms with Crippen molar-refractivity contribution in [2.24, 2.45) is 17.6 Å². The average Bonchev–Trinajstić information content (AvgIpc) is 2.31. The van der Waals surface area contributed by atoms with E-state index < -0.39 is 0 Å². The van der Waals surface area contributed by atoms with Crippen molar-refractivity contribution in [3.05, 3.63) is 34.9 Å². The highest BCUT2D eigenvalue weighted by Gasteiger charge is 2.28. The third-order valence-corrected chi connectivity index (χ3v) is 4.17. The fraction of sp³-hybridized carbons (Fsp3) is 0.600. The van der Waals surface area contributed by atoms with Gasteiger partial charge in [-0.05, 0) is 29.9 Å². The van der Waals surface area contributed by atoms with Crippen LogP contribution in [0.1, 0.15) is 31.9 Å². The van der Waals surface area contributed by atoms with Crippen molar-refractivity contribution in [2.45, 2.75) is 26.3 Å². The summed E-state index contributed by atoms with van der Waals surface area (Å²) >= 11 is 6.31. The summed E-state index contributed by atoms with van der Waals surface area (Å²) in [6.45, 7) is 7.52. The van der Waals surface area contributed by atoms with Crippen LogP contribution in [-0.2, 0) is 0 Å². The van der Waals surface area contributed by atoms with Crippen molar-refractivity contribution in [1.29, 1.82) is 0 Å². The fourth-order valence-electron chi connectivity index (χ4n) is 3.18. The molecule has 18 heavy (non-hydrogen) atoms. The molecular weight excluding hydrogens is 244 g/mol. The Labute approximate surface area is 115 Å². The third kappa shape index (κ3) is 3.05. The molecule has 1 aliphatic heterocycles. The molecule has 100 valence electrons. The average molecular weight is 267 g/mol. The molecule has 1 fully saturated rings. The number of nitrogens with zero attached hydrogens (tertiary/aromatic N) is 1. The lowest BCUT2D eigenvalue weighted by Crippen LogP contribution is -2.43. The minimum Gasteiger partial charge on any atom is -0.329 e. The van der Waals surface area contributed by atoms with E-state index in [9.17, 15) is 0 Å². The summed E-state index contributed by atoms with van der Waals surface area (Å²) in [5.41, 5.74) is 7.16. The predicted molar refractivity (Wildman–Crippen MR) is 77.8 cm³/mol. The second-order valence-corrected chi connectivity index (χ2v) is 6.08. The second-order valence-electron chi connectivity index (χ2n) is 5.67. The van der Waals surface area contributed by atoms with Crippen LogP contribution < -0.4 is 5.73 Å². The molecule has 0 amide bonds. The van der Waals surface area contributed by atoms with Crippen LogP contribution in [0.4, 0.5) is 0 Å². The van der Waals surface area contributed by atoms with Gasteiger partial charge in [0.05, 0.1) is 0 Å². The van der Waals surface area contributed by atoms with Crippen LogP contribution in [0.25, 0.3) is 0 Å². The van der Waals surface area contributed by atoms with E-state index in [4.69, 9.17) is 17.3 Å². The second kappa shape index (κ2) is 6.05. The quantitative estimate of drug-likeness (QED) is 0.909. The molecule has 0 aromatic heterocycles. The first kappa shape index (κ1) is 13.9. The van der Waals surface area contributed by atoms with Crippen LogP contribution >= 0.6 is 11.6 Å². The minimum atomic E-state index is 0.254. The van der Waals surface area contributed by atoms with E-state index in [1.165, 1.54) is 12.0 Å². The highest BCUT2D eigenvalue weighted by Crippen LogP contribution is 2.31. The van der Waals surface area contributed by atoms with Crippen LogP contribution in [0.5, 0.6) is 0 Å². The molecular formula is C15H23ClN2. The van der Waals surface area contributed by atoms with E-state index in [0.29, 0.717) is 6.54 Å². The van der Waals surface area contributed by atoms with Crippen LogP contribution in [0.3, 0.4) is 0 Å². The van der Waals surface area contributed by atoms with Gasteiger partial charge in [0.15, 0.2) is 0 Å². The maximum Gasteiger partial charge on any atom is 0.0485 e. The molecule has 1 unspecified atom stereocenters. The molecule has 3 heteroatoms. The Balaban J connectivity index is 2.20. The highest BCUT2D eigenvalue weighted by atomic mass is 35.5. The summed E-state index contributed by atoms with van der Waals surface area (Å²) in [7, 11) is 0. The first-order chi connectivity index (χ1) is 8.61. The van der Waals surface area contributed by atoms with Gasteiger partial charge in [0.25, 0.3) is 0 Å². The van der Waals surface area contributed by atoms with E-state index in [2.05, 4.69) is 24.8 Å². The van der Waals surface area contributed by atoms with E-state index in [0.717, 1.165) is 29.9 Å². The molecule has 2 nitrogen and oxygen atoms in total. The normalized spacial score (nSPS) is 27.1. The van der Waals surface area contributed by atoms with Gasteiger partial charge in [-0.15, -0.1) is 0 Å². The van der Waals surface area contributed by atoms with Gasteiger partial charge >= 0.3 is 0 Å². The monoisotopic (exact) mass is 266 g/mol. The van der Waals surface area contributed by atoms with Gasteiger partial charge in [-0.1, -0.05) is 43.6 Å². The minimum absolute atomic E-state index is 0.254. The Hall–Kier alpha value is -0.570. The third-order valence-electron chi connectivity index (χ3n) is 3.83. The summed E-state index contributed by atoms with van der Waals surface area (Å²) in [5.74, 6) is 1.48. The molecule has 0 spiro atoms. The van der Waals surface area contributed by atoms with Gasteiger partial charge in [-0.25, -0.2) is 0 Å². The zero-order chi connectivity index (χ0) is 13.1. The first-order valence-corrected chi connectivity index (χ1v) is 7.18. The molecule has 0 aliphatic carbocycles. The molecule has 1 heterocycles. The lowest BCUT2D eigenvalue weighted by molar-refractivity contribution is 0.0984. The van der Waals surface area contributed by atoms with Crippen molar-refractivity contribution in [1.82, 2.24) is 4.90 Å². The maximum absolute atomic E-state index is 6.31. The number of halogens is 1. The van der Waals surface area contributed by atoms with Crippen molar-refractivity contribution in [3.8, 4) is 0 Å². The Morgan fingerprint density at radius 3 is 2.44 bits per heavy atom. The molecule has 2 rings (SSSR count). The zero-order valence-electron chi connectivity index (χ0n) is 11.3. The molecule has 1 aromatic carbocycles. The summed E-state index contributed by atoms with van der Waals surface area (Å²) in [6, 6.07) is 8.32. The number of hydrogen-bond donors (Lipinski definition) is 1. The molecule has 0 saturated carbocycles. The number of likely N-dealkylation sites (tertiary alicyclic amines) is 1. The van der Waals surface area contributed by atoms with Crippen molar-refractivity contribution in [2.75, 3.05) is 19.6 Å². The van der Waals surface area contributed by atoms with Gasteiger partial charge in [-0.2, -0.15) is 0 Å². The number of piperidine rings is 1. The molecule has 3 atom stereocenters. The highest BCUT2D eigenvalue weighted by molar-refractivity contribution is 6.31. The van der Waals surface area contributed by atoms with Gasteiger partial charge in [0.2, 0.25) is 0 Å². The smallest absolute Gasteiger partial charge is 0.0485 e. The van der Waals surface area contributed by atoms with Gasteiger partial charge < -0.3 is 5.73 Å². The number of rotatable bonds is 3. The summed E-state index contributed by atoms with van der Waals surface area (Å²) in [6.07, 6.45) is 1.32. The Morgan fingerprint density at radius 2 is 1.89 bits per heavy atom. The molecule has 0 radical (unpaired) electrons. The molecule has 1 aliphatic rings. The largest absolute Gasteiger partial charge is 0.329 e. The first-order valence-electron chi connectivity index (χ1n) is 6.80. The molecule has 1 aromatic rings. The predicted octanol–water partition coefficient (Wildman–Crippen LogP) is 3.32. The number of nitrogens with two attached hydrogens (primary N) is 1. The van der Waals surface area contributed by atoms with E-state index in [-0.39, 0.29) is 6.04 Å². The lowest BCUT2D eigenvalue weighted by Gasteiger charge is -2.40. The Kier molecular flexibility index (Phi) is 4.66. The summed E-state index contributed by atoms with van der Waals surface area (Å²) in [5, 5.41) is 0.832. The van der Waals surface area contributed by atoms with E-state index >= 15 is 0 Å². The van der Waals surface area contributed by atoms with Crippen molar-refractivity contribution >= 4 is 11.6 Å².